The van der Waals surface area contributed by atoms with E-state index >= 15 is 0 Å². The Morgan fingerprint density at radius 1 is 1.47 bits per heavy atom. The third-order valence-corrected chi connectivity index (χ3v) is 3.41. The van der Waals surface area contributed by atoms with Gasteiger partial charge in [-0.2, -0.15) is 0 Å². The van der Waals surface area contributed by atoms with E-state index in [4.69, 9.17) is 0 Å². The minimum Gasteiger partial charge on any atom is -0.350 e. The molecule has 0 saturated heterocycles. The molecular weight excluding hydrogens is 287 g/mol. The molecule has 0 fully saturated rings. The fourth-order valence-corrected chi connectivity index (χ4v) is 1.58. The molecule has 3 nitrogen and oxygen atoms in total. The van der Waals surface area contributed by atoms with Gasteiger partial charge in [0.2, 0.25) is 5.91 Å². The molecule has 1 amide bonds. The number of likely N-dealkylation sites (N-methyl/N-ethyl adjacent to an activating group) is 1. The number of nitrogens with one attached hydrogen (secondary N) is 2. The molecule has 0 bridgehead atoms. The number of halogens is 2. The predicted molar refractivity (Wildman–Crippen MR) is 69.1 cm³/mol. The van der Waals surface area contributed by atoms with Gasteiger partial charge in [0, 0.05) is 11.0 Å². The Labute approximate surface area is 109 Å². The van der Waals surface area contributed by atoms with E-state index in [-0.39, 0.29) is 11.7 Å². The predicted octanol–water partition coefficient (Wildman–Crippen LogP) is 2.20. The molecular formula is C12H16BrFN2O. The van der Waals surface area contributed by atoms with E-state index in [0.717, 1.165) is 4.47 Å². The van der Waals surface area contributed by atoms with Crippen LogP contribution in [0.5, 0.6) is 0 Å². The lowest BCUT2D eigenvalue weighted by atomic mass is 10.1. The molecule has 94 valence electrons. The first-order chi connectivity index (χ1) is 7.86. The fraction of sp³-hybridized carbons (Fsp3) is 0.417. The van der Waals surface area contributed by atoms with Crippen molar-refractivity contribution in [1.82, 2.24) is 10.6 Å². The molecule has 0 saturated carbocycles. The maximum Gasteiger partial charge on any atom is 0.239 e. The van der Waals surface area contributed by atoms with Crippen molar-refractivity contribution < 1.29 is 9.18 Å². The van der Waals surface area contributed by atoms with Gasteiger partial charge in [-0.05, 0) is 44.7 Å². The molecule has 5 heteroatoms. The third-order valence-electron chi connectivity index (χ3n) is 2.64. The summed E-state index contributed by atoms with van der Waals surface area (Å²) < 4.78 is 13.8. The smallest absolute Gasteiger partial charge is 0.239 e. The normalized spacial score (nSPS) is 11.4. The van der Waals surface area contributed by atoms with E-state index in [1.54, 1.807) is 27.0 Å². The molecule has 0 aromatic heterocycles. The van der Waals surface area contributed by atoms with Crippen LogP contribution in [0.4, 0.5) is 4.39 Å². The molecule has 0 radical (unpaired) electrons. The molecule has 0 aliphatic rings. The van der Waals surface area contributed by atoms with Gasteiger partial charge in [0.25, 0.3) is 0 Å². The highest BCUT2D eigenvalue weighted by Gasteiger charge is 2.24. The monoisotopic (exact) mass is 302 g/mol. The number of hydrogen-bond acceptors (Lipinski definition) is 2. The van der Waals surface area contributed by atoms with Gasteiger partial charge in [-0.25, -0.2) is 4.39 Å². The maximum atomic E-state index is 13.0. The van der Waals surface area contributed by atoms with Crippen molar-refractivity contribution in [2.24, 2.45) is 0 Å². The lowest BCUT2D eigenvalue weighted by Crippen LogP contribution is -2.50. The van der Waals surface area contributed by atoms with E-state index in [2.05, 4.69) is 26.6 Å². The molecule has 17 heavy (non-hydrogen) atoms. The summed E-state index contributed by atoms with van der Waals surface area (Å²) >= 11 is 3.31. The molecule has 1 rings (SSSR count). The van der Waals surface area contributed by atoms with E-state index in [9.17, 15) is 9.18 Å². The van der Waals surface area contributed by atoms with E-state index < -0.39 is 5.54 Å². The average molecular weight is 303 g/mol. The second kappa shape index (κ2) is 5.60. The van der Waals surface area contributed by atoms with Crippen molar-refractivity contribution in [2.45, 2.75) is 25.9 Å². The van der Waals surface area contributed by atoms with E-state index in [1.807, 2.05) is 0 Å². The quantitative estimate of drug-likeness (QED) is 0.895. The van der Waals surface area contributed by atoms with Gasteiger partial charge in [-0.1, -0.05) is 15.9 Å². The Bertz CT molecular complexity index is 421. The topological polar surface area (TPSA) is 41.1 Å². The minimum absolute atomic E-state index is 0.129. The number of carbonyl (C=O) groups excluding carboxylic acids is 1. The molecule has 0 aliphatic heterocycles. The summed E-state index contributed by atoms with van der Waals surface area (Å²) in [6, 6.07) is 4.39. The zero-order chi connectivity index (χ0) is 13.1. The van der Waals surface area contributed by atoms with Crippen LogP contribution in [0, 0.1) is 5.82 Å². The number of benzene rings is 1. The van der Waals surface area contributed by atoms with Crippen LogP contribution in [0.1, 0.15) is 19.4 Å². The minimum atomic E-state index is -0.639. The maximum absolute atomic E-state index is 13.0. The highest BCUT2D eigenvalue weighted by atomic mass is 79.9. The van der Waals surface area contributed by atoms with E-state index in [1.165, 1.54) is 12.1 Å². The SMILES string of the molecule is CNC(C)(C)C(=O)NCc1cc(F)ccc1Br. The molecule has 1 aromatic rings. The summed E-state index contributed by atoms with van der Waals surface area (Å²) in [5, 5.41) is 5.67. The number of amides is 1. The number of carbonyl (C=O) groups is 1. The molecule has 1 aromatic carbocycles. The Morgan fingerprint density at radius 2 is 2.12 bits per heavy atom. The first-order valence-electron chi connectivity index (χ1n) is 5.28. The van der Waals surface area contributed by atoms with Crippen LogP contribution in [-0.4, -0.2) is 18.5 Å². The van der Waals surface area contributed by atoms with Crippen LogP contribution in [0.25, 0.3) is 0 Å². The summed E-state index contributed by atoms with van der Waals surface area (Å²) in [7, 11) is 1.72. The summed E-state index contributed by atoms with van der Waals surface area (Å²) in [5.41, 5.74) is 0.0741. The molecule has 0 unspecified atom stereocenters. The fourth-order valence-electron chi connectivity index (χ4n) is 1.19. The highest BCUT2D eigenvalue weighted by molar-refractivity contribution is 9.10. The zero-order valence-electron chi connectivity index (χ0n) is 10.1. The van der Waals surface area contributed by atoms with Crippen molar-refractivity contribution in [3.8, 4) is 0 Å². The Morgan fingerprint density at radius 3 is 2.71 bits per heavy atom. The van der Waals surface area contributed by atoms with Gasteiger partial charge in [-0.3, -0.25) is 4.79 Å². The molecule has 0 heterocycles. The Balaban J connectivity index is 2.68. The van der Waals surface area contributed by atoms with Crippen LogP contribution in [0.3, 0.4) is 0 Å². The van der Waals surface area contributed by atoms with Gasteiger partial charge in [-0.15, -0.1) is 0 Å². The van der Waals surface area contributed by atoms with Crippen molar-refractivity contribution in [3.63, 3.8) is 0 Å². The first kappa shape index (κ1) is 14.1. The second-order valence-corrected chi connectivity index (χ2v) is 5.15. The summed E-state index contributed by atoms with van der Waals surface area (Å²) in [6.45, 7) is 3.86. The third kappa shape index (κ3) is 3.78. The van der Waals surface area contributed by atoms with Crippen LogP contribution >= 0.6 is 15.9 Å². The number of hydrogen-bond donors (Lipinski definition) is 2. The summed E-state index contributed by atoms with van der Waals surface area (Å²) in [5.74, 6) is -0.443. The molecule has 0 atom stereocenters. The zero-order valence-corrected chi connectivity index (χ0v) is 11.7. The highest BCUT2D eigenvalue weighted by Crippen LogP contribution is 2.17. The summed E-state index contributed by atoms with van der Waals surface area (Å²) in [6.07, 6.45) is 0. The standard InChI is InChI=1S/C12H16BrFN2O/c1-12(2,15-3)11(17)16-7-8-6-9(14)4-5-10(8)13/h4-6,15H,7H2,1-3H3,(H,16,17). The Kier molecular flexibility index (Phi) is 4.65. The molecule has 0 aliphatic carbocycles. The van der Waals surface area contributed by atoms with Crippen LogP contribution in [0.2, 0.25) is 0 Å². The molecule has 0 spiro atoms. The van der Waals surface area contributed by atoms with Crippen molar-refractivity contribution in [1.29, 1.82) is 0 Å². The summed E-state index contributed by atoms with van der Waals surface area (Å²) in [4.78, 5) is 11.8. The lowest BCUT2D eigenvalue weighted by molar-refractivity contribution is -0.126. The number of rotatable bonds is 4. The van der Waals surface area contributed by atoms with Gasteiger partial charge in [0.15, 0.2) is 0 Å². The van der Waals surface area contributed by atoms with Gasteiger partial charge in [0.05, 0.1) is 5.54 Å². The first-order valence-corrected chi connectivity index (χ1v) is 6.07. The largest absolute Gasteiger partial charge is 0.350 e. The van der Waals surface area contributed by atoms with Crippen LogP contribution in [0.15, 0.2) is 22.7 Å². The van der Waals surface area contributed by atoms with Crippen LogP contribution in [-0.2, 0) is 11.3 Å². The van der Waals surface area contributed by atoms with Gasteiger partial charge >= 0.3 is 0 Å². The van der Waals surface area contributed by atoms with Gasteiger partial charge < -0.3 is 10.6 Å². The second-order valence-electron chi connectivity index (χ2n) is 4.29. The van der Waals surface area contributed by atoms with Gasteiger partial charge in [0.1, 0.15) is 5.82 Å². The Hall–Kier alpha value is -0.940. The molecule has 2 N–H and O–H groups in total. The lowest BCUT2D eigenvalue weighted by Gasteiger charge is -2.22. The van der Waals surface area contributed by atoms with Crippen LogP contribution < -0.4 is 10.6 Å². The van der Waals surface area contributed by atoms with E-state index in [0.29, 0.717) is 12.1 Å². The van der Waals surface area contributed by atoms with Crippen molar-refractivity contribution in [3.05, 3.63) is 34.1 Å². The van der Waals surface area contributed by atoms with Crippen molar-refractivity contribution in [2.75, 3.05) is 7.05 Å². The average Bonchev–Trinajstić information content (AvgIpc) is 2.29. The van der Waals surface area contributed by atoms with Crippen molar-refractivity contribution >= 4 is 21.8 Å².